The van der Waals surface area contributed by atoms with E-state index in [4.69, 9.17) is 4.74 Å². The normalized spacial score (nSPS) is 11.8. The third-order valence-electron chi connectivity index (χ3n) is 4.01. The highest BCUT2D eigenvalue weighted by Gasteiger charge is 2.15. The lowest BCUT2D eigenvalue weighted by atomic mass is 10.1. The summed E-state index contributed by atoms with van der Waals surface area (Å²) < 4.78 is 5.79. The Morgan fingerprint density at radius 2 is 1.83 bits per heavy atom. The minimum atomic E-state index is -0.493. The number of amides is 1. The SMILES string of the molecule is Cc1cccc(O[C@@H](C)C(=O)NCCCc2ccccc2)c1C. The summed E-state index contributed by atoms with van der Waals surface area (Å²) in [5.74, 6) is 0.705. The van der Waals surface area contributed by atoms with Crippen molar-refractivity contribution in [1.29, 1.82) is 0 Å². The van der Waals surface area contributed by atoms with E-state index in [0.717, 1.165) is 29.7 Å². The molecule has 0 aromatic heterocycles. The van der Waals surface area contributed by atoms with Crippen molar-refractivity contribution in [2.24, 2.45) is 0 Å². The average Bonchev–Trinajstić information content (AvgIpc) is 2.56. The molecule has 0 bridgehead atoms. The molecule has 1 N–H and O–H groups in total. The van der Waals surface area contributed by atoms with E-state index in [1.807, 2.05) is 50.2 Å². The lowest BCUT2D eigenvalue weighted by Gasteiger charge is -2.17. The van der Waals surface area contributed by atoms with Crippen LogP contribution in [-0.2, 0) is 11.2 Å². The van der Waals surface area contributed by atoms with Crippen molar-refractivity contribution in [1.82, 2.24) is 5.32 Å². The van der Waals surface area contributed by atoms with Gasteiger partial charge >= 0.3 is 0 Å². The molecule has 2 aromatic carbocycles. The first-order chi connectivity index (χ1) is 11.1. The van der Waals surface area contributed by atoms with Crippen molar-refractivity contribution >= 4 is 5.91 Å². The number of aryl methyl sites for hydroxylation is 2. The third-order valence-corrected chi connectivity index (χ3v) is 4.01. The van der Waals surface area contributed by atoms with Crippen LogP contribution in [0.1, 0.15) is 30.0 Å². The maximum Gasteiger partial charge on any atom is 0.260 e. The van der Waals surface area contributed by atoms with Crippen LogP contribution in [0.5, 0.6) is 5.75 Å². The summed E-state index contributed by atoms with van der Waals surface area (Å²) in [5, 5.41) is 2.94. The first kappa shape index (κ1) is 17.1. The number of nitrogens with one attached hydrogen (secondary N) is 1. The molecule has 0 saturated heterocycles. The lowest BCUT2D eigenvalue weighted by molar-refractivity contribution is -0.127. The maximum absolute atomic E-state index is 12.1. The van der Waals surface area contributed by atoms with E-state index in [2.05, 4.69) is 17.4 Å². The molecule has 0 saturated carbocycles. The number of benzene rings is 2. The summed E-state index contributed by atoms with van der Waals surface area (Å²) in [5.41, 5.74) is 3.54. The molecule has 2 rings (SSSR count). The third kappa shape index (κ3) is 5.13. The standard InChI is InChI=1S/C20H25NO2/c1-15-9-7-13-19(16(15)2)23-17(3)20(22)21-14-8-12-18-10-5-4-6-11-18/h4-7,9-11,13,17H,8,12,14H2,1-3H3,(H,21,22)/t17-/m0/s1. The predicted molar refractivity (Wildman–Crippen MR) is 93.8 cm³/mol. The van der Waals surface area contributed by atoms with E-state index in [-0.39, 0.29) is 5.91 Å². The maximum atomic E-state index is 12.1. The van der Waals surface area contributed by atoms with Gasteiger partial charge < -0.3 is 10.1 Å². The molecule has 0 aliphatic carbocycles. The second-order valence-corrected chi connectivity index (χ2v) is 5.84. The molecule has 0 aliphatic rings. The number of carbonyl (C=O) groups is 1. The van der Waals surface area contributed by atoms with Gasteiger partial charge in [0, 0.05) is 6.54 Å². The Balaban J connectivity index is 1.75. The second kappa shape index (κ2) is 8.37. The van der Waals surface area contributed by atoms with Gasteiger partial charge in [0.05, 0.1) is 0 Å². The van der Waals surface area contributed by atoms with Gasteiger partial charge in [0.15, 0.2) is 6.10 Å². The molecule has 23 heavy (non-hydrogen) atoms. The Hall–Kier alpha value is -2.29. The van der Waals surface area contributed by atoms with Gasteiger partial charge in [-0.2, -0.15) is 0 Å². The molecule has 1 atom stereocenters. The van der Waals surface area contributed by atoms with E-state index in [9.17, 15) is 4.79 Å². The predicted octanol–water partition coefficient (Wildman–Crippen LogP) is 3.82. The zero-order valence-corrected chi connectivity index (χ0v) is 14.1. The Bertz CT molecular complexity index is 637. The van der Waals surface area contributed by atoms with Gasteiger partial charge in [-0.25, -0.2) is 0 Å². The summed E-state index contributed by atoms with van der Waals surface area (Å²) in [6.45, 7) is 6.49. The monoisotopic (exact) mass is 311 g/mol. The molecular weight excluding hydrogens is 286 g/mol. The molecule has 0 fully saturated rings. The van der Waals surface area contributed by atoms with E-state index in [0.29, 0.717) is 6.54 Å². The summed E-state index contributed by atoms with van der Waals surface area (Å²) in [6.07, 6.45) is 1.39. The van der Waals surface area contributed by atoms with Gasteiger partial charge in [-0.15, -0.1) is 0 Å². The van der Waals surface area contributed by atoms with Gasteiger partial charge in [0.1, 0.15) is 5.75 Å². The van der Waals surface area contributed by atoms with Gasteiger partial charge in [-0.3, -0.25) is 4.79 Å². The Kier molecular flexibility index (Phi) is 6.21. The number of hydrogen-bond acceptors (Lipinski definition) is 2. The van der Waals surface area contributed by atoms with E-state index in [1.54, 1.807) is 6.92 Å². The fourth-order valence-corrected chi connectivity index (χ4v) is 2.39. The molecule has 1 amide bonds. The molecule has 0 unspecified atom stereocenters. The summed E-state index contributed by atoms with van der Waals surface area (Å²) >= 11 is 0. The number of ether oxygens (including phenoxy) is 1. The van der Waals surface area contributed by atoms with Crippen LogP contribution in [-0.4, -0.2) is 18.6 Å². The zero-order chi connectivity index (χ0) is 16.7. The van der Waals surface area contributed by atoms with Crippen LogP contribution in [0.2, 0.25) is 0 Å². The van der Waals surface area contributed by atoms with Crippen LogP contribution >= 0.6 is 0 Å². The van der Waals surface area contributed by atoms with Crippen LogP contribution in [0, 0.1) is 13.8 Å². The van der Waals surface area contributed by atoms with Crippen LogP contribution in [0.15, 0.2) is 48.5 Å². The van der Waals surface area contributed by atoms with Crippen molar-refractivity contribution in [2.75, 3.05) is 6.54 Å². The molecule has 0 aliphatic heterocycles. The fourth-order valence-electron chi connectivity index (χ4n) is 2.39. The molecule has 2 aromatic rings. The smallest absolute Gasteiger partial charge is 0.260 e. The summed E-state index contributed by atoms with van der Waals surface area (Å²) in [7, 11) is 0. The minimum absolute atomic E-state index is 0.0704. The highest BCUT2D eigenvalue weighted by Crippen LogP contribution is 2.21. The van der Waals surface area contributed by atoms with Crippen molar-refractivity contribution in [3.8, 4) is 5.75 Å². The van der Waals surface area contributed by atoms with Crippen molar-refractivity contribution in [2.45, 2.75) is 39.7 Å². The second-order valence-electron chi connectivity index (χ2n) is 5.84. The minimum Gasteiger partial charge on any atom is -0.481 e. The average molecular weight is 311 g/mol. The van der Waals surface area contributed by atoms with Crippen molar-refractivity contribution in [3.05, 3.63) is 65.2 Å². The Labute approximate surface area is 138 Å². The van der Waals surface area contributed by atoms with Crippen LogP contribution in [0.4, 0.5) is 0 Å². The van der Waals surface area contributed by atoms with Crippen molar-refractivity contribution < 1.29 is 9.53 Å². The molecule has 0 heterocycles. The van der Waals surface area contributed by atoms with Crippen LogP contribution in [0.3, 0.4) is 0 Å². The van der Waals surface area contributed by atoms with Crippen LogP contribution in [0.25, 0.3) is 0 Å². The first-order valence-electron chi connectivity index (χ1n) is 8.12. The Morgan fingerprint density at radius 1 is 1.09 bits per heavy atom. The van der Waals surface area contributed by atoms with Gasteiger partial charge in [-0.1, -0.05) is 42.5 Å². The Morgan fingerprint density at radius 3 is 2.57 bits per heavy atom. The fraction of sp³-hybridized carbons (Fsp3) is 0.350. The summed E-state index contributed by atoms with van der Waals surface area (Å²) in [6, 6.07) is 16.2. The summed E-state index contributed by atoms with van der Waals surface area (Å²) in [4.78, 5) is 12.1. The van der Waals surface area contributed by atoms with E-state index < -0.39 is 6.10 Å². The van der Waals surface area contributed by atoms with Gasteiger partial charge in [0.25, 0.3) is 5.91 Å². The van der Waals surface area contributed by atoms with Gasteiger partial charge in [-0.05, 0) is 56.4 Å². The van der Waals surface area contributed by atoms with E-state index >= 15 is 0 Å². The molecule has 3 heteroatoms. The number of rotatable bonds is 7. The molecular formula is C20H25NO2. The highest BCUT2D eigenvalue weighted by molar-refractivity contribution is 5.80. The molecule has 3 nitrogen and oxygen atoms in total. The lowest BCUT2D eigenvalue weighted by Crippen LogP contribution is -2.37. The van der Waals surface area contributed by atoms with E-state index in [1.165, 1.54) is 5.56 Å². The van der Waals surface area contributed by atoms with Crippen molar-refractivity contribution in [3.63, 3.8) is 0 Å². The van der Waals surface area contributed by atoms with Gasteiger partial charge in [0.2, 0.25) is 0 Å². The largest absolute Gasteiger partial charge is 0.481 e. The number of carbonyl (C=O) groups excluding carboxylic acids is 1. The number of hydrogen-bond donors (Lipinski definition) is 1. The van der Waals surface area contributed by atoms with Crippen LogP contribution < -0.4 is 10.1 Å². The molecule has 122 valence electrons. The first-order valence-corrected chi connectivity index (χ1v) is 8.12. The topological polar surface area (TPSA) is 38.3 Å². The quantitative estimate of drug-likeness (QED) is 0.789. The molecule has 0 radical (unpaired) electrons. The highest BCUT2D eigenvalue weighted by atomic mass is 16.5. The molecule has 0 spiro atoms. The zero-order valence-electron chi connectivity index (χ0n) is 14.1.